The molecule has 25 heavy (non-hydrogen) atoms. The Morgan fingerprint density at radius 2 is 2.08 bits per heavy atom. The average molecular weight is 339 g/mol. The Morgan fingerprint density at radius 1 is 1.28 bits per heavy atom. The van der Waals surface area contributed by atoms with Gasteiger partial charge >= 0.3 is 0 Å². The lowest BCUT2D eigenvalue weighted by Crippen LogP contribution is -2.36. The molecule has 1 aliphatic rings. The Bertz CT molecular complexity index is 744. The summed E-state index contributed by atoms with van der Waals surface area (Å²) in [6, 6.07) is 9.34. The van der Waals surface area contributed by atoms with Crippen LogP contribution in [-0.4, -0.2) is 48.7 Å². The molecule has 0 radical (unpaired) electrons. The number of nitrogens with one attached hydrogen (secondary N) is 2. The maximum atomic E-state index is 12.6. The molecule has 2 aromatic rings. The van der Waals surface area contributed by atoms with E-state index in [0.29, 0.717) is 31.4 Å². The molecule has 130 valence electrons. The molecule has 0 saturated carbocycles. The normalized spacial score (nSPS) is 14.0. The molecule has 0 spiro atoms. The molecular formula is C18H21N5O2. The van der Waals surface area contributed by atoms with Gasteiger partial charge in [-0.2, -0.15) is 0 Å². The highest BCUT2D eigenvalue weighted by Crippen LogP contribution is 2.26. The molecule has 0 bridgehead atoms. The first-order chi connectivity index (χ1) is 12.3. The summed E-state index contributed by atoms with van der Waals surface area (Å²) in [6.07, 6.45) is 3.26. The molecule has 0 unspecified atom stereocenters. The lowest BCUT2D eigenvalue weighted by molar-refractivity contribution is 0.102. The smallest absolute Gasteiger partial charge is 0.274 e. The molecule has 1 aromatic heterocycles. The van der Waals surface area contributed by atoms with Crippen molar-refractivity contribution in [3.63, 3.8) is 0 Å². The van der Waals surface area contributed by atoms with Gasteiger partial charge in [0.2, 0.25) is 5.95 Å². The number of carbonyl (C=O) groups is 1. The van der Waals surface area contributed by atoms with Gasteiger partial charge in [0, 0.05) is 25.8 Å². The fraction of sp³-hybridized carbons (Fsp3) is 0.278. The molecule has 2 N–H and O–H groups in total. The lowest BCUT2D eigenvalue weighted by Gasteiger charge is -2.30. The van der Waals surface area contributed by atoms with Crippen molar-refractivity contribution in [3.05, 3.63) is 54.9 Å². The Kier molecular flexibility index (Phi) is 5.58. The highest BCUT2D eigenvalue weighted by molar-refractivity contribution is 6.04. The first-order valence-corrected chi connectivity index (χ1v) is 8.19. The fourth-order valence-corrected chi connectivity index (χ4v) is 2.58. The minimum Gasteiger partial charge on any atom is -0.378 e. The zero-order valence-electron chi connectivity index (χ0n) is 13.9. The van der Waals surface area contributed by atoms with Crippen LogP contribution in [0.4, 0.5) is 17.3 Å². The van der Waals surface area contributed by atoms with Gasteiger partial charge in [0.05, 0.1) is 24.6 Å². The second-order valence-electron chi connectivity index (χ2n) is 5.51. The van der Waals surface area contributed by atoms with Gasteiger partial charge in [-0.25, -0.2) is 9.97 Å². The third-order valence-electron chi connectivity index (χ3n) is 3.80. The lowest BCUT2D eigenvalue weighted by atomic mass is 10.2. The van der Waals surface area contributed by atoms with E-state index in [0.717, 1.165) is 24.5 Å². The molecule has 1 amide bonds. The van der Waals surface area contributed by atoms with Crippen molar-refractivity contribution >= 4 is 23.2 Å². The molecule has 1 aromatic carbocycles. The summed E-state index contributed by atoms with van der Waals surface area (Å²) in [5.74, 6) is 0.124. The van der Waals surface area contributed by atoms with E-state index < -0.39 is 0 Å². The van der Waals surface area contributed by atoms with Crippen LogP contribution in [0.3, 0.4) is 0 Å². The Hall–Kier alpha value is -2.93. The summed E-state index contributed by atoms with van der Waals surface area (Å²) >= 11 is 0. The number of amides is 1. The number of aromatic nitrogens is 2. The number of rotatable bonds is 6. The van der Waals surface area contributed by atoms with E-state index in [1.165, 1.54) is 0 Å². The van der Waals surface area contributed by atoms with Gasteiger partial charge in [-0.15, -0.1) is 6.58 Å². The molecule has 0 aliphatic carbocycles. The molecule has 7 heteroatoms. The maximum Gasteiger partial charge on any atom is 0.274 e. The molecule has 1 fully saturated rings. The van der Waals surface area contributed by atoms with E-state index in [2.05, 4.69) is 32.1 Å². The van der Waals surface area contributed by atoms with Crippen LogP contribution in [0.1, 0.15) is 10.5 Å². The first kappa shape index (κ1) is 16.9. The maximum absolute atomic E-state index is 12.6. The first-order valence-electron chi connectivity index (χ1n) is 8.19. The summed E-state index contributed by atoms with van der Waals surface area (Å²) in [7, 11) is 0. The molecule has 7 nitrogen and oxygen atoms in total. The van der Waals surface area contributed by atoms with E-state index in [4.69, 9.17) is 4.74 Å². The highest BCUT2D eigenvalue weighted by Gasteiger charge is 2.17. The summed E-state index contributed by atoms with van der Waals surface area (Å²) in [4.78, 5) is 23.1. The Morgan fingerprint density at radius 3 is 2.88 bits per heavy atom. The van der Waals surface area contributed by atoms with E-state index in [-0.39, 0.29) is 5.91 Å². The van der Waals surface area contributed by atoms with Crippen molar-refractivity contribution in [1.29, 1.82) is 0 Å². The summed E-state index contributed by atoms with van der Waals surface area (Å²) < 4.78 is 5.40. The van der Waals surface area contributed by atoms with E-state index in [1.54, 1.807) is 18.3 Å². The number of anilines is 3. The van der Waals surface area contributed by atoms with Crippen molar-refractivity contribution in [3.8, 4) is 0 Å². The second kappa shape index (κ2) is 8.25. The van der Waals surface area contributed by atoms with Crippen molar-refractivity contribution < 1.29 is 9.53 Å². The van der Waals surface area contributed by atoms with Crippen LogP contribution in [-0.2, 0) is 4.74 Å². The third kappa shape index (κ3) is 4.33. The van der Waals surface area contributed by atoms with Crippen molar-refractivity contribution in [2.75, 3.05) is 48.4 Å². The van der Waals surface area contributed by atoms with Crippen molar-refractivity contribution in [2.45, 2.75) is 0 Å². The molecule has 0 atom stereocenters. The minimum absolute atomic E-state index is 0.273. The van der Waals surface area contributed by atoms with E-state index in [1.807, 2.05) is 24.3 Å². The van der Waals surface area contributed by atoms with Crippen LogP contribution in [0, 0.1) is 0 Å². The van der Waals surface area contributed by atoms with E-state index >= 15 is 0 Å². The number of hydrogen-bond donors (Lipinski definition) is 2. The molecule has 2 heterocycles. The van der Waals surface area contributed by atoms with Crippen LogP contribution < -0.4 is 15.5 Å². The predicted octanol–water partition coefficient (Wildman–Crippen LogP) is 2.16. The Balaban J connectivity index is 1.76. The predicted molar refractivity (Wildman–Crippen MR) is 98.1 cm³/mol. The monoisotopic (exact) mass is 339 g/mol. The van der Waals surface area contributed by atoms with Crippen LogP contribution in [0.5, 0.6) is 0 Å². The number of morpholine rings is 1. The number of hydrogen-bond acceptors (Lipinski definition) is 6. The van der Waals surface area contributed by atoms with Crippen LogP contribution in [0.2, 0.25) is 0 Å². The van der Waals surface area contributed by atoms with E-state index in [9.17, 15) is 4.79 Å². The van der Waals surface area contributed by atoms with Crippen molar-refractivity contribution in [1.82, 2.24) is 9.97 Å². The number of para-hydroxylation sites is 2. The number of nitrogens with zero attached hydrogens (tertiary/aromatic N) is 3. The van der Waals surface area contributed by atoms with Crippen molar-refractivity contribution in [2.24, 2.45) is 0 Å². The summed E-state index contributed by atoms with van der Waals surface area (Å²) in [5, 5.41) is 5.92. The number of benzene rings is 1. The standard InChI is InChI=1S/C18H21N5O2/c1-2-8-19-18-20-9-7-15(22-18)17(24)21-14-5-3-4-6-16(14)23-10-12-25-13-11-23/h2-7,9H,1,8,10-13H2,(H,21,24)(H,19,20,22). The topological polar surface area (TPSA) is 79.4 Å². The summed E-state index contributed by atoms with van der Waals surface area (Å²) in [5.41, 5.74) is 2.05. The number of carbonyl (C=O) groups excluding carboxylic acids is 1. The second-order valence-corrected chi connectivity index (χ2v) is 5.51. The van der Waals surface area contributed by atoms with Crippen LogP contribution >= 0.6 is 0 Å². The van der Waals surface area contributed by atoms with Gasteiger partial charge in [-0.05, 0) is 18.2 Å². The molecular weight excluding hydrogens is 318 g/mol. The van der Waals surface area contributed by atoms with Gasteiger partial charge in [0.15, 0.2) is 0 Å². The largest absolute Gasteiger partial charge is 0.378 e. The van der Waals surface area contributed by atoms with Gasteiger partial charge in [0.25, 0.3) is 5.91 Å². The zero-order chi connectivity index (χ0) is 17.5. The average Bonchev–Trinajstić information content (AvgIpc) is 2.67. The fourth-order valence-electron chi connectivity index (χ4n) is 2.58. The zero-order valence-corrected chi connectivity index (χ0v) is 13.9. The van der Waals surface area contributed by atoms with Gasteiger partial charge in [0.1, 0.15) is 5.69 Å². The van der Waals surface area contributed by atoms with Crippen LogP contribution in [0.15, 0.2) is 49.2 Å². The van der Waals surface area contributed by atoms with Gasteiger partial charge in [-0.1, -0.05) is 18.2 Å². The highest BCUT2D eigenvalue weighted by atomic mass is 16.5. The van der Waals surface area contributed by atoms with Gasteiger partial charge in [-0.3, -0.25) is 4.79 Å². The quantitative estimate of drug-likeness (QED) is 0.785. The molecule has 3 rings (SSSR count). The van der Waals surface area contributed by atoms with Crippen LogP contribution in [0.25, 0.3) is 0 Å². The molecule has 1 saturated heterocycles. The minimum atomic E-state index is -0.273. The summed E-state index contributed by atoms with van der Waals surface area (Å²) in [6.45, 7) is 7.14. The SMILES string of the molecule is C=CCNc1nccc(C(=O)Nc2ccccc2N2CCOCC2)n1. The Labute approximate surface area is 146 Å². The van der Waals surface area contributed by atoms with Gasteiger partial charge < -0.3 is 20.3 Å². The number of ether oxygens (including phenoxy) is 1. The third-order valence-corrected chi connectivity index (χ3v) is 3.80. The molecule has 1 aliphatic heterocycles.